The Bertz CT molecular complexity index is 1140. The maximum absolute atomic E-state index is 13.0. The van der Waals surface area contributed by atoms with Crippen LogP contribution in [-0.4, -0.2) is 56.6 Å². The van der Waals surface area contributed by atoms with E-state index in [2.05, 4.69) is 0 Å². The van der Waals surface area contributed by atoms with Crippen LogP contribution in [0, 0.1) is 0 Å². The zero-order valence-corrected chi connectivity index (χ0v) is 22.9. The predicted octanol–water partition coefficient (Wildman–Crippen LogP) is 4.88. The van der Waals surface area contributed by atoms with Crippen LogP contribution in [0.4, 0.5) is 0 Å². The normalized spacial score (nSPS) is 23.5. The summed E-state index contributed by atoms with van der Waals surface area (Å²) < 4.78 is 53.9. The smallest absolute Gasteiger partial charge is 0.394 e. The Morgan fingerprint density at radius 3 is 1.49 bits per heavy atom. The van der Waals surface area contributed by atoms with Gasteiger partial charge in [0.15, 0.2) is 6.29 Å². The number of aliphatic hydroxyl groups excluding tert-OH is 1. The number of phosphoric ester groups is 1. The Labute approximate surface area is 229 Å². The van der Waals surface area contributed by atoms with Gasteiger partial charge in [-0.25, -0.2) is 4.57 Å². The molecule has 5 atom stereocenters. The predicted molar refractivity (Wildman–Crippen MR) is 144 cm³/mol. The van der Waals surface area contributed by atoms with E-state index in [1.807, 2.05) is 91.0 Å². The van der Waals surface area contributed by atoms with Crippen molar-refractivity contribution in [2.75, 3.05) is 20.8 Å². The molecule has 3 aromatic rings. The lowest BCUT2D eigenvalue weighted by molar-refractivity contribution is -0.310. The lowest BCUT2D eigenvalue weighted by atomic mass is 9.98. The van der Waals surface area contributed by atoms with Gasteiger partial charge < -0.3 is 24.1 Å². The third kappa shape index (κ3) is 8.28. The number of benzene rings is 3. The molecular formula is C29H35O9P. The Morgan fingerprint density at radius 1 is 0.667 bits per heavy atom. The maximum Gasteiger partial charge on any atom is 0.476 e. The van der Waals surface area contributed by atoms with Gasteiger partial charge in [-0.15, -0.1) is 0 Å². The van der Waals surface area contributed by atoms with Crippen molar-refractivity contribution in [1.29, 1.82) is 0 Å². The fraction of sp³-hybridized carbons (Fsp3) is 0.379. The summed E-state index contributed by atoms with van der Waals surface area (Å²) in [5.74, 6) is 0. The molecule has 0 amide bonds. The zero-order chi connectivity index (χ0) is 27.5. The lowest BCUT2D eigenvalue weighted by Crippen LogP contribution is -2.61. The van der Waals surface area contributed by atoms with Gasteiger partial charge in [0, 0.05) is 14.2 Å². The van der Waals surface area contributed by atoms with Crippen LogP contribution in [0.3, 0.4) is 0 Å². The summed E-state index contributed by atoms with van der Waals surface area (Å²) in [5.41, 5.74) is 2.79. The minimum Gasteiger partial charge on any atom is -0.394 e. The van der Waals surface area contributed by atoms with Crippen LogP contribution in [0.15, 0.2) is 91.0 Å². The van der Waals surface area contributed by atoms with E-state index in [-0.39, 0.29) is 19.8 Å². The van der Waals surface area contributed by atoms with Gasteiger partial charge in [0.05, 0.1) is 26.4 Å². The SMILES string of the molecule is COP(=O)(OC)O[C@H]1O[C@H](CO)[C@@H](OCc2ccccc2)[C@H](OCc2ccccc2)[C@H]1OCc1ccccc1. The molecule has 1 fully saturated rings. The van der Waals surface area contributed by atoms with Gasteiger partial charge in [0.2, 0.25) is 0 Å². The van der Waals surface area contributed by atoms with E-state index < -0.39 is 45.1 Å². The van der Waals surface area contributed by atoms with Crippen LogP contribution in [0.1, 0.15) is 16.7 Å². The molecule has 0 aliphatic carbocycles. The summed E-state index contributed by atoms with van der Waals surface area (Å²) in [6.07, 6.45) is -4.58. The molecule has 0 aromatic heterocycles. The van der Waals surface area contributed by atoms with Crippen LogP contribution in [-0.2, 0) is 56.9 Å². The maximum atomic E-state index is 13.0. The van der Waals surface area contributed by atoms with Crippen molar-refractivity contribution in [3.8, 4) is 0 Å². The minimum absolute atomic E-state index is 0.194. The van der Waals surface area contributed by atoms with E-state index in [4.69, 9.17) is 32.5 Å². The molecule has 1 N–H and O–H groups in total. The molecule has 39 heavy (non-hydrogen) atoms. The van der Waals surface area contributed by atoms with Gasteiger partial charge in [-0.2, -0.15) is 0 Å². The summed E-state index contributed by atoms with van der Waals surface area (Å²) in [4.78, 5) is 0. The first-order valence-electron chi connectivity index (χ1n) is 12.7. The fourth-order valence-corrected chi connectivity index (χ4v) is 5.01. The second-order valence-corrected chi connectivity index (χ2v) is 10.8. The highest BCUT2D eigenvalue weighted by atomic mass is 31.2. The van der Waals surface area contributed by atoms with Gasteiger partial charge in [-0.1, -0.05) is 91.0 Å². The summed E-state index contributed by atoms with van der Waals surface area (Å²) >= 11 is 0. The molecule has 1 heterocycles. The lowest BCUT2D eigenvalue weighted by Gasteiger charge is -2.45. The van der Waals surface area contributed by atoms with Crippen molar-refractivity contribution in [2.24, 2.45) is 0 Å². The number of phosphoric acid groups is 1. The van der Waals surface area contributed by atoms with Gasteiger partial charge >= 0.3 is 7.82 Å². The van der Waals surface area contributed by atoms with Crippen molar-refractivity contribution in [1.82, 2.24) is 0 Å². The Hall–Kier alpha value is -2.43. The van der Waals surface area contributed by atoms with Crippen molar-refractivity contribution >= 4 is 7.82 Å². The Kier molecular flexibility index (Phi) is 11.2. The van der Waals surface area contributed by atoms with Crippen LogP contribution in [0.5, 0.6) is 0 Å². The van der Waals surface area contributed by atoms with Gasteiger partial charge in [-0.05, 0) is 16.7 Å². The molecule has 1 saturated heterocycles. The second-order valence-electron chi connectivity index (χ2n) is 8.93. The zero-order valence-electron chi connectivity index (χ0n) is 22.0. The Morgan fingerprint density at radius 2 is 1.08 bits per heavy atom. The summed E-state index contributed by atoms with van der Waals surface area (Å²) in [6.45, 7) is 0.278. The van der Waals surface area contributed by atoms with E-state index in [1.165, 1.54) is 14.2 Å². The molecule has 210 valence electrons. The van der Waals surface area contributed by atoms with Gasteiger partial charge in [0.25, 0.3) is 0 Å². The molecule has 0 radical (unpaired) electrons. The highest BCUT2D eigenvalue weighted by molar-refractivity contribution is 7.48. The third-order valence-corrected chi connectivity index (χ3v) is 7.67. The number of hydrogen-bond donors (Lipinski definition) is 1. The second kappa shape index (κ2) is 14.8. The average molecular weight is 559 g/mol. The summed E-state index contributed by atoms with van der Waals surface area (Å²) in [5, 5.41) is 10.3. The van der Waals surface area contributed by atoms with E-state index >= 15 is 0 Å². The molecule has 1 aliphatic heterocycles. The average Bonchev–Trinajstić information content (AvgIpc) is 2.99. The van der Waals surface area contributed by atoms with Crippen molar-refractivity contribution < 1.29 is 42.2 Å². The number of rotatable bonds is 14. The first-order valence-corrected chi connectivity index (χ1v) is 14.1. The van der Waals surface area contributed by atoms with Crippen LogP contribution in [0.25, 0.3) is 0 Å². The molecule has 0 bridgehead atoms. The Balaban J connectivity index is 1.65. The van der Waals surface area contributed by atoms with Gasteiger partial charge in [-0.3, -0.25) is 13.6 Å². The van der Waals surface area contributed by atoms with Crippen molar-refractivity contribution in [3.63, 3.8) is 0 Å². The van der Waals surface area contributed by atoms with E-state index in [0.29, 0.717) is 0 Å². The first-order chi connectivity index (χ1) is 19.0. The molecule has 4 rings (SSSR count). The molecule has 0 unspecified atom stereocenters. The van der Waals surface area contributed by atoms with E-state index in [1.54, 1.807) is 0 Å². The number of hydrogen-bond acceptors (Lipinski definition) is 9. The fourth-order valence-electron chi connectivity index (χ4n) is 4.27. The molecule has 10 heteroatoms. The first kappa shape index (κ1) is 29.6. The molecule has 9 nitrogen and oxygen atoms in total. The van der Waals surface area contributed by atoms with Crippen molar-refractivity contribution in [2.45, 2.75) is 50.5 Å². The van der Waals surface area contributed by atoms with Gasteiger partial charge in [0.1, 0.15) is 24.4 Å². The minimum atomic E-state index is -3.99. The molecule has 1 aliphatic rings. The number of ether oxygens (including phenoxy) is 4. The monoisotopic (exact) mass is 558 g/mol. The number of aliphatic hydroxyl groups is 1. The highest BCUT2D eigenvalue weighted by Crippen LogP contribution is 2.50. The summed E-state index contributed by atoms with van der Waals surface area (Å²) in [6, 6.07) is 28.9. The standard InChI is InChI=1S/C29H35O9P/c1-32-39(31,33-2)38-29-28(36-21-24-16-10-5-11-17-24)27(35-20-23-14-8-4-9-15-23)26(25(18-30)37-29)34-19-22-12-6-3-7-13-22/h3-17,25-30H,18-21H2,1-2H3/t25-,26-,27+,28-,29-/m1/s1. The highest BCUT2D eigenvalue weighted by Gasteiger charge is 2.51. The molecule has 3 aromatic carbocycles. The van der Waals surface area contributed by atoms with E-state index in [0.717, 1.165) is 16.7 Å². The van der Waals surface area contributed by atoms with Crippen LogP contribution >= 0.6 is 7.82 Å². The third-order valence-electron chi connectivity index (χ3n) is 6.31. The topological polar surface area (TPSA) is 102 Å². The van der Waals surface area contributed by atoms with E-state index in [9.17, 15) is 9.67 Å². The largest absolute Gasteiger partial charge is 0.476 e. The molecule has 0 saturated carbocycles. The van der Waals surface area contributed by atoms with Crippen LogP contribution in [0.2, 0.25) is 0 Å². The van der Waals surface area contributed by atoms with Crippen LogP contribution < -0.4 is 0 Å². The quantitative estimate of drug-likeness (QED) is 0.278. The molecule has 0 spiro atoms. The summed E-state index contributed by atoms with van der Waals surface area (Å²) in [7, 11) is -1.56. The van der Waals surface area contributed by atoms with Crippen molar-refractivity contribution in [3.05, 3.63) is 108 Å². The molecular weight excluding hydrogens is 523 g/mol.